The zero-order valence-corrected chi connectivity index (χ0v) is 13.9. The zero-order chi connectivity index (χ0) is 18.7. The molecule has 8 nitrogen and oxygen atoms in total. The molecule has 0 aliphatic rings. The van der Waals surface area contributed by atoms with Crippen LogP contribution in [-0.2, 0) is 4.79 Å². The monoisotopic (exact) mass is 351 g/mol. The largest absolute Gasteiger partial charge is 0.464 e. The molecule has 0 radical (unpaired) electrons. The van der Waals surface area contributed by atoms with Gasteiger partial charge in [0.25, 0.3) is 5.91 Å². The van der Waals surface area contributed by atoms with E-state index in [2.05, 4.69) is 15.7 Å². The number of anilines is 2. The minimum atomic E-state index is -0.561. The van der Waals surface area contributed by atoms with Crippen molar-refractivity contribution in [3.05, 3.63) is 54.3 Å². The number of benzene rings is 1. The number of hydrazine groups is 1. The lowest BCUT2D eigenvalue weighted by Crippen LogP contribution is -2.31. The van der Waals surface area contributed by atoms with E-state index in [4.69, 9.17) is 16.0 Å². The molecule has 0 fully saturated rings. The minimum Gasteiger partial charge on any atom is -0.464 e. The Morgan fingerprint density at radius 2 is 1.88 bits per heavy atom. The molecule has 2 aromatic heterocycles. The molecule has 6 N–H and O–H groups in total. The molecule has 1 aromatic carbocycles. The predicted molar refractivity (Wildman–Crippen MR) is 97.7 cm³/mol. The summed E-state index contributed by atoms with van der Waals surface area (Å²) in [6, 6.07) is 12.2. The Hall–Kier alpha value is -3.65. The molecule has 3 aromatic rings. The first kappa shape index (κ1) is 17.2. The lowest BCUT2D eigenvalue weighted by molar-refractivity contribution is -0.114. The van der Waals surface area contributed by atoms with Gasteiger partial charge in [0.1, 0.15) is 11.6 Å². The van der Waals surface area contributed by atoms with Crippen molar-refractivity contribution in [2.24, 2.45) is 5.84 Å². The van der Waals surface area contributed by atoms with Crippen LogP contribution in [-0.4, -0.2) is 16.8 Å². The fraction of sp³-hybridized carbons (Fsp3) is 0.0556. The SMILES string of the molecule is CC(=O)Nc1ccc(-c2cc(-c3ccco3)c(C(=O)NN)c(N)n2)cc1. The Balaban J connectivity index is 2.09. The summed E-state index contributed by atoms with van der Waals surface area (Å²) in [7, 11) is 0. The number of carbonyl (C=O) groups is 2. The first-order chi connectivity index (χ1) is 12.5. The van der Waals surface area contributed by atoms with Gasteiger partial charge in [-0.1, -0.05) is 12.1 Å². The Morgan fingerprint density at radius 1 is 1.15 bits per heavy atom. The van der Waals surface area contributed by atoms with E-state index in [0.29, 0.717) is 22.7 Å². The van der Waals surface area contributed by atoms with E-state index in [1.165, 1.54) is 13.2 Å². The number of rotatable bonds is 4. The lowest BCUT2D eigenvalue weighted by Gasteiger charge is -2.12. The maximum atomic E-state index is 12.1. The van der Waals surface area contributed by atoms with E-state index >= 15 is 0 Å². The van der Waals surface area contributed by atoms with E-state index < -0.39 is 5.91 Å². The molecule has 0 saturated carbocycles. The van der Waals surface area contributed by atoms with Gasteiger partial charge in [-0.05, 0) is 30.3 Å². The highest BCUT2D eigenvalue weighted by atomic mass is 16.3. The summed E-state index contributed by atoms with van der Waals surface area (Å²) in [5.74, 6) is 5.03. The van der Waals surface area contributed by atoms with Crippen LogP contribution in [0.3, 0.4) is 0 Å². The number of hydrogen-bond donors (Lipinski definition) is 4. The summed E-state index contributed by atoms with van der Waals surface area (Å²) < 4.78 is 5.41. The van der Waals surface area contributed by atoms with Crippen molar-refractivity contribution in [3.8, 4) is 22.6 Å². The van der Waals surface area contributed by atoms with E-state index in [1.807, 2.05) is 0 Å². The van der Waals surface area contributed by atoms with Crippen molar-refractivity contribution in [1.29, 1.82) is 0 Å². The summed E-state index contributed by atoms with van der Waals surface area (Å²) >= 11 is 0. The van der Waals surface area contributed by atoms with Crippen molar-refractivity contribution in [1.82, 2.24) is 10.4 Å². The van der Waals surface area contributed by atoms with E-state index in [1.54, 1.807) is 42.5 Å². The third-order valence-corrected chi connectivity index (χ3v) is 3.69. The minimum absolute atomic E-state index is 0.0304. The van der Waals surface area contributed by atoms with Crippen LogP contribution < -0.4 is 22.3 Å². The number of nitrogen functional groups attached to an aromatic ring is 2. The number of pyridine rings is 1. The molecular formula is C18H17N5O3. The van der Waals surface area contributed by atoms with E-state index in [0.717, 1.165) is 5.56 Å². The van der Waals surface area contributed by atoms with E-state index in [-0.39, 0.29) is 17.3 Å². The van der Waals surface area contributed by atoms with Crippen LogP contribution in [0.5, 0.6) is 0 Å². The molecular weight excluding hydrogens is 334 g/mol. The standard InChI is InChI=1S/C18H17N5O3/c1-10(24)21-12-6-4-11(5-7-12)14-9-13(15-3-2-8-26-15)16(17(19)22-14)18(25)23-20/h2-9H,20H2,1H3,(H2,19,22)(H,21,24)(H,23,25). The fourth-order valence-electron chi connectivity index (χ4n) is 2.58. The van der Waals surface area contributed by atoms with E-state index in [9.17, 15) is 9.59 Å². The van der Waals surface area contributed by atoms with Gasteiger partial charge in [-0.25, -0.2) is 10.8 Å². The molecule has 0 spiro atoms. The second-order valence-corrected chi connectivity index (χ2v) is 5.52. The van der Waals surface area contributed by atoms with Crippen molar-refractivity contribution < 1.29 is 14.0 Å². The van der Waals surface area contributed by atoms with Gasteiger partial charge in [0, 0.05) is 23.7 Å². The highest BCUT2D eigenvalue weighted by Gasteiger charge is 2.20. The summed E-state index contributed by atoms with van der Waals surface area (Å²) in [5, 5.41) is 2.69. The average molecular weight is 351 g/mol. The number of nitrogens with one attached hydrogen (secondary N) is 2. The molecule has 0 atom stereocenters. The third kappa shape index (κ3) is 3.40. The van der Waals surface area contributed by atoms with Gasteiger partial charge in [-0.2, -0.15) is 0 Å². The van der Waals surface area contributed by atoms with Crippen LogP contribution >= 0.6 is 0 Å². The van der Waals surface area contributed by atoms with Crippen LogP contribution in [0, 0.1) is 0 Å². The van der Waals surface area contributed by atoms with Gasteiger partial charge < -0.3 is 15.5 Å². The lowest BCUT2D eigenvalue weighted by atomic mass is 10.0. The molecule has 0 bridgehead atoms. The van der Waals surface area contributed by atoms with Gasteiger partial charge in [-0.3, -0.25) is 15.0 Å². The Morgan fingerprint density at radius 3 is 2.46 bits per heavy atom. The Bertz CT molecular complexity index is 950. The number of nitrogens with two attached hydrogens (primary N) is 2. The molecule has 0 saturated heterocycles. The second-order valence-electron chi connectivity index (χ2n) is 5.52. The molecule has 0 aliphatic heterocycles. The first-order valence-electron chi connectivity index (χ1n) is 7.73. The predicted octanol–water partition coefficient (Wildman–Crippen LogP) is 2.15. The van der Waals surface area contributed by atoms with Gasteiger partial charge in [0.2, 0.25) is 5.91 Å². The van der Waals surface area contributed by atoms with Crippen LogP contribution in [0.4, 0.5) is 11.5 Å². The normalized spacial score (nSPS) is 10.4. The van der Waals surface area contributed by atoms with Crippen LogP contribution in [0.1, 0.15) is 17.3 Å². The van der Waals surface area contributed by atoms with Crippen molar-refractivity contribution in [2.75, 3.05) is 11.1 Å². The molecule has 0 unspecified atom stereocenters. The van der Waals surface area contributed by atoms with Gasteiger partial charge in [0.15, 0.2) is 0 Å². The Kier molecular flexibility index (Phi) is 4.68. The third-order valence-electron chi connectivity index (χ3n) is 3.69. The average Bonchev–Trinajstić information content (AvgIpc) is 3.15. The van der Waals surface area contributed by atoms with Crippen LogP contribution in [0.2, 0.25) is 0 Å². The molecule has 2 heterocycles. The fourth-order valence-corrected chi connectivity index (χ4v) is 2.58. The number of carbonyl (C=O) groups excluding carboxylic acids is 2. The number of nitrogens with zero attached hydrogens (tertiary/aromatic N) is 1. The molecule has 132 valence electrons. The number of hydrogen-bond acceptors (Lipinski definition) is 6. The second kappa shape index (κ2) is 7.08. The van der Waals surface area contributed by atoms with Gasteiger partial charge in [-0.15, -0.1) is 0 Å². The smallest absolute Gasteiger partial charge is 0.269 e. The zero-order valence-electron chi connectivity index (χ0n) is 13.9. The Labute approximate surface area is 149 Å². The molecule has 0 aliphatic carbocycles. The quantitative estimate of drug-likeness (QED) is 0.323. The van der Waals surface area contributed by atoms with Crippen molar-refractivity contribution in [3.63, 3.8) is 0 Å². The van der Waals surface area contributed by atoms with Crippen molar-refractivity contribution in [2.45, 2.75) is 6.92 Å². The summed E-state index contributed by atoms with van der Waals surface area (Å²) in [6.07, 6.45) is 1.50. The number of amides is 2. The maximum Gasteiger partial charge on any atom is 0.269 e. The summed E-state index contributed by atoms with van der Waals surface area (Å²) in [5.41, 5.74) is 10.7. The maximum absolute atomic E-state index is 12.1. The number of aromatic nitrogens is 1. The molecule has 2 amide bonds. The topological polar surface area (TPSA) is 136 Å². The van der Waals surface area contributed by atoms with Gasteiger partial charge in [0.05, 0.1) is 17.5 Å². The number of furan rings is 1. The van der Waals surface area contributed by atoms with Gasteiger partial charge >= 0.3 is 0 Å². The van der Waals surface area contributed by atoms with Crippen LogP contribution in [0.25, 0.3) is 22.6 Å². The molecule has 3 rings (SSSR count). The highest BCUT2D eigenvalue weighted by molar-refractivity contribution is 6.04. The first-order valence-corrected chi connectivity index (χ1v) is 7.73. The molecule has 8 heteroatoms. The summed E-state index contributed by atoms with van der Waals surface area (Å²) in [4.78, 5) is 27.5. The summed E-state index contributed by atoms with van der Waals surface area (Å²) in [6.45, 7) is 1.44. The molecule has 26 heavy (non-hydrogen) atoms. The van der Waals surface area contributed by atoms with Crippen LogP contribution in [0.15, 0.2) is 53.1 Å². The highest BCUT2D eigenvalue weighted by Crippen LogP contribution is 2.32. The van der Waals surface area contributed by atoms with Crippen molar-refractivity contribution >= 4 is 23.3 Å².